The zero-order valence-corrected chi connectivity index (χ0v) is 10.8. The molecular weight excluding hydrogens is 246 g/mol. The Morgan fingerprint density at radius 1 is 1.58 bits per heavy atom. The van der Waals surface area contributed by atoms with Gasteiger partial charge >= 0.3 is 5.69 Å². The standard InChI is InChI=1S/C13H15N3O3/c1-13(2)10(6-11(13)17)15-9-5-3-4-8(7-14)12(9)16(18)19/h3-5,10-11,15,17H,6H2,1-2H3. The van der Waals surface area contributed by atoms with Crippen molar-refractivity contribution in [2.75, 3.05) is 5.32 Å². The van der Waals surface area contributed by atoms with Crippen molar-refractivity contribution < 1.29 is 10.0 Å². The summed E-state index contributed by atoms with van der Waals surface area (Å²) in [5.74, 6) is 0. The van der Waals surface area contributed by atoms with Crippen LogP contribution in [-0.4, -0.2) is 22.2 Å². The van der Waals surface area contributed by atoms with Gasteiger partial charge in [0.15, 0.2) is 0 Å². The quantitative estimate of drug-likeness (QED) is 0.640. The van der Waals surface area contributed by atoms with Gasteiger partial charge in [-0.3, -0.25) is 10.1 Å². The maximum atomic E-state index is 11.1. The summed E-state index contributed by atoms with van der Waals surface area (Å²) < 4.78 is 0. The highest BCUT2D eigenvalue weighted by molar-refractivity contribution is 5.69. The van der Waals surface area contributed by atoms with Gasteiger partial charge in [-0.05, 0) is 18.6 Å². The van der Waals surface area contributed by atoms with E-state index >= 15 is 0 Å². The van der Waals surface area contributed by atoms with Gasteiger partial charge in [0.05, 0.1) is 11.0 Å². The SMILES string of the molecule is CC1(C)C(O)CC1Nc1cccc(C#N)c1[N+](=O)[O-]. The number of benzene rings is 1. The van der Waals surface area contributed by atoms with Crippen LogP contribution >= 0.6 is 0 Å². The number of nitro groups is 1. The molecule has 19 heavy (non-hydrogen) atoms. The normalized spacial score (nSPS) is 24.1. The van der Waals surface area contributed by atoms with E-state index in [4.69, 9.17) is 5.26 Å². The Morgan fingerprint density at radius 2 is 2.26 bits per heavy atom. The lowest BCUT2D eigenvalue weighted by Crippen LogP contribution is -2.56. The Morgan fingerprint density at radius 3 is 2.74 bits per heavy atom. The molecular formula is C13H15N3O3. The third-order valence-electron chi connectivity index (χ3n) is 3.88. The summed E-state index contributed by atoms with van der Waals surface area (Å²) in [6.45, 7) is 3.80. The summed E-state index contributed by atoms with van der Waals surface area (Å²) in [4.78, 5) is 10.5. The van der Waals surface area contributed by atoms with Crippen molar-refractivity contribution in [1.29, 1.82) is 5.26 Å². The second-order valence-electron chi connectivity index (χ2n) is 5.34. The van der Waals surface area contributed by atoms with Crippen LogP contribution in [0, 0.1) is 26.9 Å². The van der Waals surface area contributed by atoms with Gasteiger partial charge in [0.2, 0.25) is 0 Å². The predicted molar refractivity (Wildman–Crippen MR) is 69.6 cm³/mol. The number of rotatable bonds is 3. The molecule has 100 valence electrons. The Labute approximate surface area is 110 Å². The lowest BCUT2D eigenvalue weighted by Gasteiger charge is -2.49. The third-order valence-corrected chi connectivity index (χ3v) is 3.88. The molecule has 1 aliphatic carbocycles. The van der Waals surface area contributed by atoms with Crippen molar-refractivity contribution in [2.24, 2.45) is 5.41 Å². The van der Waals surface area contributed by atoms with E-state index in [1.165, 1.54) is 6.07 Å². The van der Waals surface area contributed by atoms with Gasteiger partial charge in [-0.25, -0.2) is 0 Å². The molecule has 2 N–H and O–H groups in total. The molecule has 1 aliphatic rings. The third kappa shape index (κ3) is 2.13. The van der Waals surface area contributed by atoms with Crippen LogP contribution in [0.15, 0.2) is 18.2 Å². The Balaban J connectivity index is 2.32. The highest BCUT2D eigenvalue weighted by atomic mass is 16.6. The van der Waals surface area contributed by atoms with E-state index in [1.807, 2.05) is 19.9 Å². The predicted octanol–water partition coefficient (Wildman–Crippen LogP) is 2.04. The van der Waals surface area contributed by atoms with Gasteiger partial charge in [0.25, 0.3) is 0 Å². The maximum Gasteiger partial charge on any atom is 0.309 e. The lowest BCUT2D eigenvalue weighted by atomic mass is 9.64. The Bertz CT molecular complexity index is 563. The van der Waals surface area contributed by atoms with E-state index < -0.39 is 11.0 Å². The Hall–Kier alpha value is -2.13. The highest BCUT2D eigenvalue weighted by Gasteiger charge is 2.47. The number of hydrogen-bond acceptors (Lipinski definition) is 5. The molecule has 1 saturated carbocycles. The van der Waals surface area contributed by atoms with Crippen LogP contribution in [0.2, 0.25) is 0 Å². The van der Waals surface area contributed by atoms with E-state index in [0.29, 0.717) is 12.1 Å². The fourth-order valence-electron chi connectivity index (χ4n) is 2.28. The van der Waals surface area contributed by atoms with Crippen LogP contribution in [0.4, 0.5) is 11.4 Å². The Kier molecular flexibility index (Phi) is 3.16. The first-order valence-electron chi connectivity index (χ1n) is 6.00. The summed E-state index contributed by atoms with van der Waals surface area (Å²) in [5.41, 5.74) is -0.180. The molecule has 0 radical (unpaired) electrons. The summed E-state index contributed by atoms with van der Waals surface area (Å²) in [5, 5.41) is 32.7. The van der Waals surface area contributed by atoms with E-state index in [-0.39, 0.29) is 22.7 Å². The van der Waals surface area contributed by atoms with E-state index in [0.717, 1.165) is 0 Å². The van der Waals surface area contributed by atoms with Crippen molar-refractivity contribution in [3.63, 3.8) is 0 Å². The zero-order valence-electron chi connectivity index (χ0n) is 10.8. The number of aliphatic hydroxyl groups excluding tert-OH is 1. The number of anilines is 1. The van der Waals surface area contributed by atoms with Gasteiger partial charge in [0, 0.05) is 11.5 Å². The topological polar surface area (TPSA) is 99.2 Å². The molecule has 1 fully saturated rings. The molecule has 0 heterocycles. The molecule has 2 atom stereocenters. The van der Waals surface area contributed by atoms with Gasteiger partial charge in [0.1, 0.15) is 17.3 Å². The number of nitriles is 1. The fourth-order valence-corrected chi connectivity index (χ4v) is 2.28. The van der Waals surface area contributed by atoms with Crippen molar-refractivity contribution in [2.45, 2.75) is 32.4 Å². The molecule has 2 unspecified atom stereocenters. The van der Waals surface area contributed by atoms with Gasteiger partial charge < -0.3 is 10.4 Å². The average Bonchev–Trinajstić information content (AvgIpc) is 2.37. The molecule has 1 aromatic carbocycles. The number of nitro benzene ring substituents is 1. The minimum absolute atomic E-state index is 0.0349. The molecule has 0 bridgehead atoms. The first-order chi connectivity index (χ1) is 8.87. The molecule has 6 heteroatoms. The second-order valence-corrected chi connectivity index (χ2v) is 5.34. The molecule has 2 rings (SSSR count). The number of hydrogen-bond donors (Lipinski definition) is 2. The van der Waals surface area contributed by atoms with Crippen molar-refractivity contribution in [3.05, 3.63) is 33.9 Å². The minimum atomic E-state index is -0.553. The minimum Gasteiger partial charge on any atom is -0.392 e. The first-order valence-corrected chi connectivity index (χ1v) is 6.00. The number of para-hydroxylation sites is 1. The van der Waals surface area contributed by atoms with Crippen LogP contribution < -0.4 is 5.32 Å². The number of nitrogens with zero attached hydrogens (tertiary/aromatic N) is 2. The smallest absolute Gasteiger partial charge is 0.309 e. The molecule has 0 amide bonds. The molecule has 0 aromatic heterocycles. The second kappa shape index (κ2) is 4.52. The van der Waals surface area contributed by atoms with Crippen molar-refractivity contribution in [1.82, 2.24) is 0 Å². The molecule has 1 aromatic rings. The summed E-state index contributed by atoms with van der Waals surface area (Å²) in [7, 11) is 0. The van der Waals surface area contributed by atoms with Gasteiger partial charge in [-0.1, -0.05) is 19.9 Å². The largest absolute Gasteiger partial charge is 0.392 e. The van der Waals surface area contributed by atoms with Crippen LogP contribution in [0.25, 0.3) is 0 Å². The monoisotopic (exact) mass is 261 g/mol. The number of aliphatic hydroxyl groups is 1. The highest BCUT2D eigenvalue weighted by Crippen LogP contribution is 2.43. The maximum absolute atomic E-state index is 11.1. The van der Waals surface area contributed by atoms with Gasteiger partial charge in [-0.2, -0.15) is 5.26 Å². The fraction of sp³-hybridized carbons (Fsp3) is 0.462. The average molecular weight is 261 g/mol. The van der Waals surface area contributed by atoms with Crippen molar-refractivity contribution >= 4 is 11.4 Å². The number of nitrogens with one attached hydrogen (secondary N) is 1. The van der Waals surface area contributed by atoms with Gasteiger partial charge in [-0.15, -0.1) is 0 Å². The first kappa shape index (κ1) is 13.3. The molecule has 0 aliphatic heterocycles. The molecule has 0 saturated heterocycles. The van der Waals surface area contributed by atoms with Crippen molar-refractivity contribution in [3.8, 4) is 6.07 Å². The summed E-state index contributed by atoms with van der Waals surface area (Å²) in [6.07, 6.45) is 0.129. The van der Waals surface area contributed by atoms with Crippen LogP contribution in [0.3, 0.4) is 0 Å². The zero-order chi connectivity index (χ0) is 14.2. The summed E-state index contributed by atoms with van der Waals surface area (Å²) in [6, 6.07) is 6.39. The summed E-state index contributed by atoms with van der Waals surface area (Å²) >= 11 is 0. The van der Waals surface area contributed by atoms with Crippen LogP contribution in [0.1, 0.15) is 25.8 Å². The lowest BCUT2D eigenvalue weighted by molar-refractivity contribution is -0.384. The molecule has 0 spiro atoms. The van der Waals surface area contributed by atoms with Crippen LogP contribution in [-0.2, 0) is 0 Å². The molecule has 6 nitrogen and oxygen atoms in total. The van der Waals surface area contributed by atoms with E-state index in [1.54, 1.807) is 12.1 Å². The van der Waals surface area contributed by atoms with E-state index in [2.05, 4.69) is 5.32 Å². The van der Waals surface area contributed by atoms with E-state index in [9.17, 15) is 15.2 Å². The van der Waals surface area contributed by atoms with Crippen LogP contribution in [0.5, 0.6) is 0 Å².